The third kappa shape index (κ3) is 1.32. The summed E-state index contributed by atoms with van der Waals surface area (Å²) in [4.78, 5) is 0. The number of hydrogen-bond donors (Lipinski definition) is 0. The molecule has 0 aliphatic heterocycles. The van der Waals surface area contributed by atoms with E-state index in [4.69, 9.17) is 5.26 Å². The molecule has 3 rings (SSSR count). The van der Waals surface area contributed by atoms with Gasteiger partial charge in [0, 0.05) is 5.56 Å². The number of benzene rings is 2. The van der Waals surface area contributed by atoms with Crippen LogP contribution in [0, 0.1) is 22.7 Å². The van der Waals surface area contributed by atoms with Crippen LogP contribution in [0.5, 0.6) is 0 Å². The Morgan fingerprint density at radius 1 is 0.941 bits per heavy atom. The Balaban J connectivity index is 2.35. The van der Waals surface area contributed by atoms with Crippen LogP contribution in [0.25, 0.3) is 11.1 Å². The molecule has 0 unspecified atom stereocenters. The fourth-order valence-corrected chi connectivity index (χ4v) is 2.44. The average molecular weight is 216 g/mol. The molecule has 1 aliphatic rings. The van der Waals surface area contributed by atoms with E-state index < -0.39 is 0 Å². The van der Waals surface area contributed by atoms with E-state index in [2.05, 4.69) is 18.2 Å². The van der Waals surface area contributed by atoms with Crippen molar-refractivity contribution in [2.24, 2.45) is 0 Å². The highest BCUT2D eigenvalue weighted by Crippen LogP contribution is 2.39. The van der Waals surface area contributed by atoms with Gasteiger partial charge in [0.1, 0.15) is 0 Å². The molecule has 0 heterocycles. The van der Waals surface area contributed by atoms with Crippen LogP contribution in [0.3, 0.4) is 0 Å². The largest absolute Gasteiger partial charge is 0.192 e. The van der Waals surface area contributed by atoms with E-state index in [1.807, 2.05) is 24.3 Å². The number of nitrogens with zero attached hydrogens (tertiary/aromatic N) is 2. The summed E-state index contributed by atoms with van der Waals surface area (Å²) in [5.41, 5.74) is 5.61. The van der Waals surface area contributed by atoms with Gasteiger partial charge < -0.3 is 0 Å². The van der Waals surface area contributed by atoms with Gasteiger partial charge in [-0.15, -0.1) is 0 Å². The second kappa shape index (κ2) is 3.47. The second-order valence-electron chi connectivity index (χ2n) is 4.12. The molecule has 2 nitrogen and oxygen atoms in total. The van der Waals surface area contributed by atoms with E-state index in [1.54, 1.807) is 6.07 Å². The van der Waals surface area contributed by atoms with E-state index in [0.717, 1.165) is 23.1 Å². The molecule has 0 bridgehead atoms. The third-order valence-electron chi connectivity index (χ3n) is 3.14. The maximum Gasteiger partial charge on any atom is 0.0998 e. The van der Waals surface area contributed by atoms with Gasteiger partial charge in [-0.1, -0.05) is 24.3 Å². The maximum atomic E-state index is 9.19. The third-order valence-corrected chi connectivity index (χ3v) is 3.14. The second-order valence-corrected chi connectivity index (χ2v) is 4.12. The Morgan fingerprint density at radius 2 is 1.76 bits per heavy atom. The highest BCUT2D eigenvalue weighted by Gasteiger charge is 2.21. The molecule has 17 heavy (non-hydrogen) atoms. The van der Waals surface area contributed by atoms with Gasteiger partial charge in [-0.2, -0.15) is 10.5 Å². The monoisotopic (exact) mass is 216 g/mol. The van der Waals surface area contributed by atoms with Crippen molar-refractivity contribution in [3.8, 4) is 23.3 Å². The van der Waals surface area contributed by atoms with E-state index >= 15 is 0 Å². The zero-order chi connectivity index (χ0) is 11.8. The van der Waals surface area contributed by atoms with Gasteiger partial charge in [-0.3, -0.25) is 0 Å². The topological polar surface area (TPSA) is 47.6 Å². The molecule has 0 N–H and O–H groups in total. The molecule has 0 atom stereocenters. The van der Waals surface area contributed by atoms with Gasteiger partial charge in [0.2, 0.25) is 0 Å². The summed E-state index contributed by atoms with van der Waals surface area (Å²) in [7, 11) is 0. The normalized spacial score (nSPS) is 11.2. The van der Waals surface area contributed by atoms with Gasteiger partial charge in [-0.25, -0.2) is 0 Å². The van der Waals surface area contributed by atoms with Crippen LogP contribution < -0.4 is 0 Å². The highest BCUT2D eigenvalue weighted by molar-refractivity contribution is 5.82. The molecule has 2 aromatic rings. The lowest BCUT2D eigenvalue weighted by Gasteiger charge is -2.03. The van der Waals surface area contributed by atoms with Crippen molar-refractivity contribution in [1.82, 2.24) is 0 Å². The summed E-state index contributed by atoms with van der Waals surface area (Å²) >= 11 is 0. The Labute approximate surface area is 99.4 Å². The lowest BCUT2D eigenvalue weighted by atomic mass is 9.98. The highest BCUT2D eigenvalue weighted by atomic mass is 14.3. The van der Waals surface area contributed by atoms with Gasteiger partial charge in [-0.05, 0) is 35.2 Å². The first-order chi connectivity index (χ1) is 8.33. The van der Waals surface area contributed by atoms with Crippen molar-refractivity contribution < 1.29 is 0 Å². The first kappa shape index (κ1) is 9.63. The molecule has 0 fully saturated rings. The fraction of sp³-hybridized carbons (Fsp3) is 0.0667. The summed E-state index contributed by atoms with van der Waals surface area (Å²) in [6, 6.07) is 15.9. The minimum absolute atomic E-state index is 0.563. The lowest BCUT2D eigenvalue weighted by Crippen LogP contribution is -1.88. The van der Waals surface area contributed by atoms with Crippen molar-refractivity contribution >= 4 is 0 Å². The standard InChI is InChI=1S/C15H8N2/c16-8-10-5-12-7-11-3-1-2-4-14(11)15(12)13(6-10)9-17/h1-6H,7H2. The van der Waals surface area contributed by atoms with Gasteiger partial charge in [0.25, 0.3) is 0 Å². The predicted molar refractivity (Wildman–Crippen MR) is 64.1 cm³/mol. The molecule has 0 saturated heterocycles. The zero-order valence-electron chi connectivity index (χ0n) is 9.07. The summed E-state index contributed by atoms with van der Waals surface area (Å²) in [5.74, 6) is 0. The van der Waals surface area contributed by atoms with Crippen molar-refractivity contribution in [2.75, 3.05) is 0 Å². The minimum atomic E-state index is 0.563. The van der Waals surface area contributed by atoms with E-state index in [9.17, 15) is 5.26 Å². The van der Waals surface area contributed by atoms with Crippen LogP contribution in [-0.2, 0) is 6.42 Å². The molecule has 1 aliphatic carbocycles. The number of rotatable bonds is 0. The van der Waals surface area contributed by atoms with Crippen LogP contribution >= 0.6 is 0 Å². The van der Waals surface area contributed by atoms with Crippen LogP contribution in [0.15, 0.2) is 36.4 Å². The molecule has 0 spiro atoms. The Bertz CT molecular complexity index is 700. The first-order valence-electron chi connectivity index (χ1n) is 5.39. The molecular weight excluding hydrogens is 208 g/mol. The predicted octanol–water partition coefficient (Wildman–Crippen LogP) is 3.00. The van der Waals surface area contributed by atoms with Crippen LogP contribution in [0.1, 0.15) is 22.3 Å². The van der Waals surface area contributed by atoms with Gasteiger partial charge >= 0.3 is 0 Å². The molecule has 2 heteroatoms. The number of hydrogen-bond acceptors (Lipinski definition) is 2. The fourth-order valence-electron chi connectivity index (χ4n) is 2.44. The van der Waals surface area contributed by atoms with Crippen molar-refractivity contribution in [3.63, 3.8) is 0 Å². The molecular formula is C15H8N2. The van der Waals surface area contributed by atoms with Crippen molar-refractivity contribution in [3.05, 3.63) is 58.7 Å². The lowest BCUT2D eigenvalue weighted by molar-refractivity contribution is 1.25. The molecule has 0 aromatic heterocycles. The first-order valence-corrected chi connectivity index (χ1v) is 5.39. The Hall–Kier alpha value is -2.58. The minimum Gasteiger partial charge on any atom is -0.192 e. The average Bonchev–Trinajstić information content (AvgIpc) is 2.75. The van der Waals surface area contributed by atoms with Crippen LogP contribution in [0.4, 0.5) is 0 Å². The smallest absolute Gasteiger partial charge is 0.0998 e. The van der Waals surface area contributed by atoms with Crippen LogP contribution in [0.2, 0.25) is 0 Å². The Morgan fingerprint density at radius 3 is 2.53 bits per heavy atom. The summed E-state index contributed by atoms with van der Waals surface area (Å²) in [6.07, 6.45) is 0.815. The zero-order valence-corrected chi connectivity index (χ0v) is 9.07. The summed E-state index contributed by atoms with van der Waals surface area (Å²) in [5, 5.41) is 18.1. The molecule has 0 radical (unpaired) electrons. The molecule has 2 aromatic carbocycles. The molecule has 0 amide bonds. The van der Waals surface area contributed by atoms with E-state index in [0.29, 0.717) is 11.1 Å². The SMILES string of the molecule is N#Cc1cc(C#N)c2c(c1)Cc1ccccc1-2. The van der Waals surface area contributed by atoms with Gasteiger partial charge in [0.15, 0.2) is 0 Å². The van der Waals surface area contributed by atoms with Crippen LogP contribution in [-0.4, -0.2) is 0 Å². The van der Waals surface area contributed by atoms with Crippen molar-refractivity contribution in [1.29, 1.82) is 10.5 Å². The van der Waals surface area contributed by atoms with Crippen molar-refractivity contribution in [2.45, 2.75) is 6.42 Å². The quantitative estimate of drug-likeness (QED) is 0.580. The van der Waals surface area contributed by atoms with E-state index in [1.165, 1.54) is 5.56 Å². The molecule has 78 valence electrons. The number of nitriles is 2. The van der Waals surface area contributed by atoms with E-state index in [-0.39, 0.29) is 0 Å². The van der Waals surface area contributed by atoms with Gasteiger partial charge in [0.05, 0.1) is 23.3 Å². The number of fused-ring (bicyclic) bond motifs is 3. The summed E-state index contributed by atoms with van der Waals surface area (Å²) in [6.45, 7) is 0. The molecule has 0 saturated carbocycles. The maximum absolute atomic E-state index is 9.19. The Kier molecular flexibility index (Phi) is 1.97. The summed E-state index contributed by atoms with van der Waals surface area (Å²) < 4.78 is 0.